The molecule has 1 aromatic carbocycles. The molecule has 1 aliphatic rings. The summed E-state index contributed by atoms with van der Waals surface area (Å²) >= 11 is 0. The van der Waals surface area contributed by atoms with Gasteiger partial charge in [0, 0.05) is 6.08 Å². The van der Waals surface area contributed by atoms with Crippen LogP contribution in [0.25, 0.3) is 5.57 Å². The number of nitrogens with zero attached hydrogens (tertiary/aromatic N) is 1. The van der Waals surface area contributed by atoms with Gasteiger partial charge in [-0.15, -0.1) is 0 Å². The number of benzene rings is 1. The molecule has 1 aromatic rings. The summed E-state index contributed by atoms with van der Waals surface area (Å²) in [6.07, 6.45) is 7.85. The van der Waals surface area contributed by atoms with Gasteiger partial charge in [0.15, 0.2) is 11.5 Å². The second-order valence-electron chi connectivity index (χ2n) is 5.36. The van der Waals surface area contributed by atoms with E-state index in [4.69, 9.17) is 14.7 Å². The van der Waals surface area contributed by atoms with Crippen molar-refractivity contribution in [3.63, 3.8) is 0 Å². The summed E-state index contributed by atoms with van der Waals surface area (Å²) in [6, 6.07) is 8.16. The lowest BCUT2D eigenvalue weighted by atomic mass is 9.81. The molecule has 0 bridgehead atoms. The number of ether oxygens (including phenoxy) is 2. The Hall–Kier alpha value is -1.95. The summed E-state index contributed by atoms with van der Waals surface area (Å²) in [6.45, 7) is 2.56. The molecular weight excluding hydrogens is 262 g/mol. The van der Waals surface area contributed by atoms with Crippen LogP contribution >= 0.6 is 0 Å². The maximum atomic E-state index is 9.12. The summed E-state index contributed by atoms with van der Waals surface area (Å²) in [4.78, 5) is 0. The zero-order valence-corrected chi connectivity index (χ0v) is 12.9. The number of methoxy groups -OCH3 is 1. The molecule has 3 nitrogen and oxygen atoms in total. The monoisotopic (exact) mass is 285 g/mol. The first-order valence-corrected chi connectivity index (χ1v) is 7.71. The smallest absolute Gasteiger partial charge is 0.161 e. The second-order valence-corrected chi connectivity index (χ2v) is 5.36. The van der Waals surface area contributed by atoms with Crippen LogP contribution in [0.2, 0.25) is 0 Å². The van der Waals surface area contributed by atoms with Crippen molar-refractivity contribution in [1.29, 1.82) is 5.26 Å². The van der Waals surface area contributed by atoms with Gasteiger partial charge in [-0.2, -0.15) is 5.26 Å². The quantitative estimate of drug-likeness (QED) is 0.743. The molecule has 1 fully saturated rings. The summed E-state index contributed by atoms with van der Waals surface area (Å²) < 4.78 is 11.0. The normalized spacial score (nSPS) is 16.3. The van der Waals surface area contributed by atoms with E-state index in [1.165, 1.54) is 32.1 Å². The van der Waals surface area contributed by atoms with Gasteiger partial charge in [-0.05, 0) is 49.0 Å². The lowest BCUT2D eigenvalue weighted by Crippen LogP contribution is -2.09. The van der Waals surface area contributed by atoms with Gasteiger partial charge in [-0.25, -0.2) is 0 Å². The molecule has 0 saturated heterocycles. The average molecular weight is 285 g/mol. The predicted octanol–water partition coefficient (Wildman–Crippen LogP) is 4.58. The Labute approximate surface area is 127 Å². The Kier molecular flexibility index (Phi) is 5.68. The van der Waals surface area contributed by atoms with Crippen molar-refractivity contribution in [3.8, 4) is 17.6 Å². The van der Waals surface area contributed by atoms with E-state index in [1.807, 2.05) is 25.1 Å². The maximum absolute atomic E-state index is 9.12. The third-order valence-electron chi connectivity index (χ3n) is 4.06. The fourth-order valence-electron chi connectivity index (χ4n) is 3.04. The van der Waals surface area contributed by atoms with E-state index >= 15 is 0 Å². The predicted molar refractivity (Wildman–Crippen MR) is 84.3 cm³/mol. The lowest BCUT2D eigenvalue weighted by Gasteiger charge is -2.24. The van der Waals surface area contributed by atoms with Crippen LogP contribution in [0.1, 0.15) is 44.6 Å². The molecule has 0 N–H and O–H groups in total. The molecule has 0 aliphatic heterocycles. The summed E-state index contributed by atoms with van der Waals surface area (Å²) in [7, 11) is 1.64. The molecular formula is C18H23NO2. The number of hydrogen-bond donors (Lipinski definition) is 0. The second kappa shape index (κ2) is 7.73. The van der Waals surface area contributed by atoms with E-state index in [-0.39, 0.29) is 0 Å². The van der Waals surface area contributed by atoms with Crippen LogP contribution in [-0.2, 0) is 0 Å². The topological polar surface area (TPSA) is 42.2 Å². The fraction of sp³-hybridized carbons (Fsp3) is 0.500. The molecule has 0 aromatic heterocycles. The zero-order valence-electron chi connectivity index (χ0n) is 12.9. The van der Waals surface area contributed by atoms with Crippen molar-refractivity contribution < 1.29 is 9.47 Å². The highest BCUT2D eigenvalue weighted by Crippen LogP contribution is 2.38. The zero-order chi connectivity index (χ0) is 15.1. The summed E-state index contributed by atoms with van der Waals surface area (Å²) in [5.41, 5.74) is 2.22. The number of rotatable bonds is 5. The third kappa shape index (κ3) is 3.78. The molecule has 0 atom stereocenters. The van der Waals surface area contributed by atoms with Crippen LogP contribution in [0.3, 0.4) is 0 Å². The standard InChI is InChI=1S/C18H23NO2/c1-3-21-18-13-15(9-10-17(18)20-2)16(11-12-19)14-7-5-4-6-8-14/h9-11,13-14H,3-8H2,1-2H3. The van der Waals surface area contributed by atoms with Gasteiger partial charge in [0.25, 0.3) is 0 Å². The van der Waals surface area contributed by atoms with E-state index < -0.39 is 0 Å². The van der Waals surface area contributed by atoms with Gasteiger partial charge in [-0.3, -0.25) is 0 Å². The maximum Gasteiger partial charge on any atom is 0.161 e. The SMILES string of the molecule is CCOc1cc(C(=CC#N)C2CCCCC2)ccc1OC. The Bertz CT molecular complexity index is 537. The molecule has 0 spiro atoms. The van der Waals surface area contributed by atoms with Crippen molar-refractivity contribution in [2.24, 2.45) is 5.92 Å². The molecule has 1 aliphatic carbocycles. The number of hydrogen-bond acceptors (Lipinski definition) is 3. The molecule has 0 heterocycles. The van der Waals surface area contributed by atoms with E-state index in [0.29, 0.717) is 12.5 Å². The first kappa shape index (κ1) is 15.4. The van der Waals surface area contributed by atoms with Gasteiger partial charge >= 0.3 is 0 Å². The van der Waals surface area contributed by atoms with Crippen molar-refractivity contribution in [3.05, 3.63) is 29.8 Å². The van der Waals surface area contributed by atoms with Crippen LogP contribution in [0, 0.1) is 17.2 Å². The van der Waals surface area contributed by atoms with E-state index in [1.54, 1.807) is 13.2 Å². The van der Waals surface area contributed by atoms with Crippen molar-refractivity contribution in [2.75, 3.05) is 13.7 Å². The highest BCUT2D eigenvalue weighted by molar-refractivity contribution is 5.71. The molecule has 2 rings (SSSR count). The number of allylic oxidation sites excluding steroid dienone is 2. The van der Waals surface area contributed by atoms with Crippen LogP contribution in [0.5, 0.6) is 11.5 Å². The molecule has 0 amide bonds. The third-order valence-corrected chi connectivity index (χ3v) is 4.06. The fourth-order valence-corrected chi connectivity index (χ4v) is 3.04. The minimum absolute atomic E-state index is 0.487. The highest BCUT2D eigenvalue weighted by Gasteiger charge is 2.20. The Morgan fingerprint density at radius 3 is 2.67 bits per heavy atom. The molecule has 0 unspecified atom stereocenters. The first-order valence-electron chi connectivity index (χ1n) is 7.71. The number of nitriles is 1. The summed E-state index contributed by atoms with van der Waals surface area (Å²) in [5, 5.41) is 9.12. The van der Waals surface area contributed by atoms with Gasteiger partial charge < -0.3 is 9.47 Å². The molecule has 21 heavy (non-hydrogen) atoms. The first-order chi connectivity index (χ1) is 10.3. The largest absolute Gasteiger partial charge is 0.493 e. The molecule has 3 heteroatoms. The molecule has 112 valence electrons. The van der Waals surface area contributed by atoms with Crippen LogP contribution in [-0.4, -0.2) is 13.7 Å². The minimum Gasteiger partial charge on any atom is -0.493 e. The average Bonchev–Trinajstić information content (AvgIpc) is 2.54. The summed E-state index contributed by atoms with van der Waals surface area (Å²) in [5.74, 6) is 1.97. The van der Waals surface area contributed by atoms with Crippen molar-refractivity contribution in [1.82, 2.24) is 0 Å². The van der Waals surface area contributed by atoms with Crippen LogP contribution < -0.4 is 9.47 Å². The van der Waals surface area contributed by atoms with Crippen LogP contribution in [0.4, 0.5) is 0 Å². The Balaban J connectivity index is 2.34. The molecule has 1 saturated carbocycles. The van der Waals surface area contributed by atoms with E-state index in [0.717, 1.165) is 22.6 Å². The van der Waals surface area contributed by atoms with E-state index in [2.05, 4.69) is 6.07 Å². The van der Waals surface area contributed by atoms with Gasteiger partial charge in [0.05, 0.1) is 19.8 Å². The highest BCUT2D eigenvalue weighted by atomic mass is 16.5. The van der Waals surface area contributed by atoms with Crippen LogP contribution in [0.15, 0.2) is 24.3 Å². The molecule has 0 radical (unpaired) electrons. The van der Waals surface area contributed by atoms with Gasteiger partial charge in [-0.1, -0.05) is 25.3 Å². The Morgan fingerprint density at radius 2 is 2.05 bits per heavy atom. The van der Waals surface area contributed by atoms with Crippen molar-refractivity contribution in [2.45, 2.75) is 39.0 Å². The van der Waals surface area contributed by atoms with Crippen molar-refractivity contribution >= 4 is 5.57 Å². The Morgan fingerprint density at radius 1 is 1.29 bits per heavy atom. The van der Waals surface area contributed by atoms with Gasteiger partial charge in [0.2, 0.25) is 0 Å². The minimum atomic E-state index is 0.487. The lowest BCUT2D eigenvalue weighted by molar-refractivity contribution is 0.311. The van der Waals surface area contributed by atoms with Gasteiger partial charge in [0.1, 0.15) is 0 Å². The van der Waals surface area contributed by atoms with E-state index in [9.17, 15) is 0 Å².